The van der Waals surface area contributed by atoms with Gasteiger partial charge in [-0.25, -0.2) is 4.39 Å². The van der Waals surface area contributed by atoms with E-state index in [9.17, 15) is 9.18 Å². The molecule has 0 radical (unpaired) electrons. The molecular weight excluding hydrogens is 257 g/mol. The Morgan fingerprint density at radius 2 is 2.17 bits per heavy atom. The molecule has 1 aromatic heterocycles. The van der Waals surface area contributed by atoms with E-state index in [4.69, 9.17) is 17.3 Å². The van der Waals surface area contributed by atoms with E-state index in [1.54, 1.807) is 0 Å². The van der Waals surface area contributed by atoms with Gasteiger partial charge in [0.2, 0.25) is 0 Å². The van der Waals surface area contributed by atoms with Gasteiger partial charge in [-0.15, -0.1) is 0 Å². The van der Waals surface area contributed by atoms with Crippen molar-refractivity contribution in [2.24, 2.45) is 0 Å². The average Bonchev–Trinajstić information content (AvgIpc) is 2.34. The Labute approximate surface area is 108 Å². The summed E-state index contributed by atoms with van der Waals surface area (Å²) in [6, 6.07) is 5.41. The summed E-state index contributed by atoms with van der Waals surface area (Å²) in [7, 11) is 0. The van der Waals surface area contributed by atoms with Crippen molar-refractivity contribution in [2.45, 2.75) is 0 Å². The normalized spacial score (nSPS) is 10.1. The Morgan fingerprint density at radius 1 is 1.39 bits per heavy atom. The molecule has 0 fully saturated rings. The minimum Gasteiger partial charge on any atom is -0.397 e. The highest BCUT2D eigenvalue weighted by Gasteiger charge is 2.10. The molecule has 1 amide bonds. The van der Waals surface area contributed by atoms with Crippen molar-refractivity contribution < 1.29 is 9.18 Å². The van der Waals surface area contributed by atoms with E-state index in [1.807, 2.05) is 0 Å². The third-order valence-corrected chi connectivity index (χ3v) is 2.56. The van der Waals surface area contributed by atoms with Gasteiger partial charge in [0.05, 0.1) is 22.5 Å². The van der Waals surface area contributed by atoms with E-state index in [2.05, 4.69) is 10.3 Å². The molecule has 0 aliphatic carbocycles. The molecule has 1 aromatic carbocycles. The Balaban J connectivity index is 2.22. The molecule has 0 aliphatic heterocycles. The van der Waals surface area contributed by atoms with Gasteiger partial charge in [-0.1, -0.05) is 11.6 Å². The minimum atomic E-state index is -0.543. The van der Waals surface area contributed by atoms with Crippen molar-refractivity contribution in [3.63, 3.8) is 0 Å². The van der Waals surface area contributed by atoms with Crippen molar-refractivity contribution in [1.29, 1.82) is 0 Å². The number of pyridine rings is 1. The van der Waals surface area contributed by atoms with Crippen LogP contribution in [-0.2, 0) is 0 Å². The maximum absolute atomic E-state index is 13.0. The number of nitrogens with two attached hydrogens (primary N) is 1. The molecule has 2 aromatic rings. The number of nitrogens with zero attached hydrogens (tertiary/aromatic N) is 1. The van der Waals surface area contributed by atoms with Crippen LogP contribution in [0.5, 0.6) is 0 Å². The largest absolute Gasteiger partial charge is 0.397 e. The summed E-state index contributed by atoms with van der Waals surface area (Å²) < 4.78 is 13.0. The lowest BCUT2D eigenvalue weighted by Gasteiger charge is -2.07. The monoisotopic (exact) mass is 265 g/mol. The highest BCUT2D eigenvalue weighted by molar-refractivity contribution is 6.31. The van der Waals surface area contributed by atoms with Crippen LogP contribution in [0.25, 0.3) is 0 Å². The molecule has 4 nitrogen and oxygen atoms in total. The van der Waals surface area contributed by atoms with Crippen LogP contribution in [0.1, 0.15) is 10.4 Å². The van der Waals surface area contributed by atoms with Crippen LogP contribution in [0.3, 0.4) is 0 Å². The summed E-state index contributed by atoms with van der Waals surface area (Å²) in [4.78, 5) is 15.7. The fourth-order valence-corrected chi connectivity index (χ4v) is 1.57. The van der Waals surface area contributed by atoms with E-state index < -0.39 is 11.7 Å². The van der Waals surface area contributed by atoms with E-state index in [0.717, 1.165) is 0 Å². The number of aromatic nitrogens is 1. The molecule has 0 saturated carbocycles. The van der Waals surface area contributed by atoms with Crippen molar-refractivity contribution in [3.05, 3.63) is 53.1 Å². The van der Waals surface area contributed by atoms with Crippen LogP contribution in [-0.4, -0.2) is 10.9 Å². The number of nitrogens with one attached hydrogen (secondary N) is 1. The van der Waals surface area contributed by atoms with Crippen molar-refractivity contribution in [2.75, 3.05) is 11.1 Å². The van der Waals surface area contributed by atoms with E-state index >= 15 is 0 Å². The summed E-state index contributed by atoms with van der Waals surface area (Å²) in [5.74, 6) is -0.948. The summed E-state index contributed by atoms with van der Waals surface area (Å²) in [5, 5.41) is 2.51. The summed E-state index contributed by atoms with van der Waals surface area (Å²) in [5.41, 5.74) is 6.57. The van der Waals surface area contributed by atoms with Gasteiger partial charge in [0.25, 0.3) is 5.91 Å². The molecule has 0 unspecified atom stereocenters. The topological polar surface area (TPSA) is 68.0 Å². The fourth-order valence-electron chi connectivity index (χ4n) is 1.39. The van der Waals surface area contributed by atoms with Crippen LogP contribution in [0, 0.1) is 5.82 Å². The van der Waals surface area contributed by atoms with Gasteiger partial charge >= 0.3 is 0 Å². The third kappa shape index (κ3) is 2.57. The number of benzene rings is 1. The van der Waals surface area contributed by atoms with E-state index in [0.29, 0.717) is 11.3 Å². The number of carbonyl (C=O) groups is 1. The molecule has 1 heterocycles. The van der Waals surface area contributed by atoms with Gasteiger partial charge in [0.15, 0.2) is 0 Å². The summed E-state index contributed by atoms with van der Waals surface area (Å²) in [6.07, 6.45) is 2.84. The molecule has 2 rings (SSSR count). The number of carbonyl (C=O) groups excluding carboxylic acids is 1. The molecule has 6 heteroatoms. The Hall–Kier alpha value is -2.14. The zero-order valence-electron chi connectivity index (χ0n) is 9.15. The highest BCUT2D eigenvalue weighted by Crippen LogP contribution is 2.20. The lowest BCUT2D eigenvalue weighted by atomic mass is 10.2. The number of amides is 1. The second kappa shape index (κ2) is 5.01. The van der Waals surface area contributed by atoms with Crippen LogP contribution < -0.4 is 11.1 Å². The first-order chi connectivity index (χ1) is 8.58. The molecule has 0 atom stereocenters. The first kappa shape index (κ1) is 12.3. The molecule has 0 spiro atoms. The van der Waals surface area contributed by atoms with Crippen LogP contribution in [0.15, 0.2) is 36.7 Å². The second-order valence-corrected chi connectivity index (χ2v) is 3.95. The quantitative estimate of drug-likeness (QED) is 0.877. The Kier molecular flexibility index (Phi) is 3.43. The average molecular weight is 266 g/mol. The maximum atomic E-state index is 13.0. The smallest absolute Gasteiger partial charge is 0.257 e. The molecule has 3 N–H and O–H groups in total. The lowest BCUT2D eigenvalue weighted by Crippen LogP contribution is -2.14. The van der Waals surface area contributed by atoms with Gasteiger partial charge in [0, 0.05) is 11.9 Å². The minimum absolute atomic E-state index is 0.0597. The highest BCUT2D eigenvalue weighted by atomic mass is 35.5. The Morgan fingerprint density at radius 3 is 2.83 bits per heavy atom. The van der Waals surface area contributed by atoms with Gasteiger partial charge in [0.1, 0.15) is 5.82 Å². The van der Waals surface area contributed by atoms with Gasteiger partial charge in [-0.05, 0) is 24.3 Å². The van der Waals surface area contributed by atoms with Crippen molar-refractivity contribution >= 4 is 28.9 Å². The fraction of sp³-hybridized carbons (Fsp3) is 0. The number of anilines is 2. The van der Waals surface area contributed by atoms with Gasteiger partial charge in [-0.3, -0.25) is 9.78 Å². The molecule has 0 aliphatic rings. The molecule has 0 bridgehead atoms. The molecular formula is C12H9ClFN3O. The molecule has 92 valence electrons. The third-order valence-electron chi connectivity index (χ3n) is 2.27. The van der Waals surface area contributed by atoms with Crippen LogP contribution in [0.2, 0.25) is 5.02 Å². The first-order valence-electron chi connectivity index (χ1n) is 5.04. The zero-order chi connectivity index (χ0) is 13.1. The Bertz CT molecular complexity index is 604. The molecule has 0 saturated heterocycles. The van der Waals surface area contributed by atoms with Crippen molar-refractivity contribution in [1.82, 2.24) is 4.98 Å². The van der Waals surface area contributed by atoms with Crippen LogP contribution >= 0.6 is 11.6 Å². The number of nitrogen functional groups attached to an aromatic ring is 1. The predicted octanol–water partition coefficient (Wildman–Crippen LogP) is 2.71. The second-order valence-electron chi connectivity index (χ2n) is 3.55. The number of rotatable bonds is 2. The van der Waals surface area contributed by atoms with Gasteiger partial charge < -0.3 is 11.1 Å². The predicted molar refractivity (Wildman–Crippen MR) is 68.0 cm³/mol. The van der Waals surface area contributed by atoms with E-state index in [-0.39, 0.29) is 10.7 Å². The van der Waals surface area contributed by atoms with Crippen LogP contribution in [0.4, 0.5) is 15.8 Å². The van der Waals surface area contributed by atoms with E-state index in [1.165, 1.54) is 36.7 Å². The standard InChI is InChI=1S/C12H9ClFN3O/c13-9-5-7(1-2-10(9)14)17-12(18)8-3-4-16-6-11(8)15/h1-6H,15H2,(H,17,18). The maximum Gasteiger partial charge on any atom is 0.257 e. The van der Waals surface area contributed by atoms with Crippen molar-refractivity contribution in [3.8, 4) is 0 Å². The lowest BCUT2D eigenvalue weighted by molar-refractivity contribution is 0.102. The number of hydrogen-bond donors (Lipinski definition) is 2. The first-order valence-corrected chi connectivity index (χ1v) is 5.41. The number of hydrogen-bond acceptors (Lipinski definition) is 3. The SMILES string of the molecule is Nc1cnccc1C(=O)Nc1ccc(F)c(Cl)c1. The zero-order valence-corrected chi connectivity index (χ0v) is 9.91. The summed E-state index contributed by atoms with van der Waals surface area (Å²) >= 11 is 5.61. The molecule has 18 heavy (non-hydrogen) atoms. The number of halogens is 2. The van der Waals surface area contributed by atoms with Gasteiger partial charge in [-0.2, -0.15) is 0 Å². The summed E-state index contributed by atoms with van der Waals surface area (Å²) in [6.45, 7) is 0.